The minimum atomic E-state index is -0.339. The zero-order valence-corrected chi connectivity index (χ0v) is 10.2. The first-order valence-electron chi connectivity index (χ1n) is 5.67. The largest absolute Gasteiger partial charge is 0.308 e. The second-order valence-corrected chi connectivity index (χ2v) is 4.81. The van der Waals surface area contributed by atoms with Crippen molar-refractivity contribution in [2.75, 3.05) is 7.05 Å². The molecule has 1 aromatic rings. The van der Waals surface area contributed by atoms with Crippen LogP contribution in [-0.2, 0) is 0 Å². The Hall–Kier alpha value is -0.860. The van der Waals surface area contributed by atoms with E-state index in [0.717, 1.165) is 31.2 Å². The molecule has 1 saturated carbocycles. The van der Waals surface area contributed by atoms with Crippen LogP contribution >= 0.6 is 11.6 Å². The lowest BCUT2D eigenvalue weighted by atomic mass is 9.88. The highest BCUT2D eigenvalue weighted by Crippen LogP contribution is 2.32. The van der Waals surface area contributed by atoms with Crippen LogP contribution in [0.5, 0.6) is 0 Å². The molecule has 0 aromatic heterocycles. The van der Waals surface area contributed by atoms with Gasteiger partial charge < -0.3 is 5.32 Å². The number of Topliss-reactive ketones (excluding diaryl/α,β-unsaturated/α-hetero) is 1. The Morgan fingerprint density at radius 2 is 1.81 bits per heavy atom. The average Bonchev–Trinajstić information content (AvgIpc) is 2.79. The minimum Gasteiger partial charge on any atom is -0.308 e. The van der Waals surface area contributed by atoms with Crippen molar-refractivity contribution in [1.82, 2.24) is 5.32 Å². The summed E-state index contributed by atoms with van der Waals surface area (Å²) >= 11 is 5.82. The van der Waals surface area contributed by atoms with Crippen LogP contribution in [0.25, 0.3) is 0 Å². The number of carbonyl (C=O) groups excluding carboxylic acids is 1. The van der Waals surface area contributed by atoms with Gasteiger partial charge in [-0.2, -0.15) is 0 Å². The van der Waals surface area contributed by atoms with E-state index in [0.29, 0.717) is 5.02 Å². The van der Waals surface area contributed by atoms with Crippen molar-refractivity contribution < 1.29 is 4.79 Å². The molecule has 0 aliphatic heterocycles. The lowest BCUT2D eigenvalue weighted by Gasteiger charge is -2.26. The molecule has 16 heavy (non-hydrogen) atoms. The number of hydrogen-bond donors (Lipinski definition) is 1. The Balaban J connectivity index is 2.26. The molecule has 1 N–H and O–H groups in total. The number of benzene rings is 1. The van der Waals surface area contributed by atoms with E-state index in [4.69, 9.17) is 11.6 Å². The van der Waals surface area contributed by atoms with Crippen LogP contribution in [0.3, 0.4) is 0 Å². The molecule has 0 saturated heterocycles. The van der Waals surface area contributed by atoms with Gasteiger partial charge in [-0.05, 0) is 44.2 Å². The Morgan fingerprint density at radius 1 is 1.25 bits per heavy atom. The van der Waals surface area contributed by atoms with Crippen LogP contribution in [0.2, 0.25) is 5.02 Å². The van der Waals surface area contributed by atoms with Gasteiger partial charge in [-0.25, -0.2) is 0 Å². The summed E-state index contributed by atoms with van der Waals surface area (Å²) in [5.41, 5.74) is 0.411. The van der Waals surface area contributed by atoms with Crippen molar-refractivity contribution in [3.05, 3.63) is 34.9 Å². The predicted molar refractivity (Wildman–Crippen MR) is 66.0 cm³/mol. The monoisotopic (exact) mass is 237 g/mol. The SMILES string of the molecule is CNC1(C(=O)c2ccc(Cl)cc2)CCCC1. The summed E-state index contributed by atoms with van der Waals surface area (Å²) in [6.07, 6.45) is 4.12. The third kappa shape index (κ3) is 2.00. The minimum absolute atomic E-state index is 0.198. The highest BCUT2D eigenvalue weighted by Gasteiger charge is 2.39. The van der Waals surface area contributed by atoms with E-state index in [1.54, 1.807) is 12.1 Å². The molecule has 2 rings (SSSR count). The molecule has 0 radical (unpaired) electrons. The number of halogens is 1. The maximum absolute atomic E-state index is 12.4. The lowest BCUT2D eigenvalue weighted by molar-refractivity contribution is 0.0863. The van der Waals surface area contributed by atoms with Gasteiger partial charge in [-0.1, -0.05) is 24.4 Å². The van der Waals surface area contributed by atoms with E-state index in [1.165, 1.54) is 0 Å². The molecule has 1 aliphatic carbocycles. The maximum Gasteiger partial charge on any atom is 0.182 e. The van der Waals surface area contributed by atoms with Gasteiger partial charge in [0.15, 0.2) is 5.78 Å². The highest BCUT2D eigenvalue weighted by atomic mass is 35.5. The van der Waals surface area contributed by atoms with Gasteiger partial charge >= 0.3 is 0 Å². The molecule has 0 bridgehead atoms. The van der Waals surface area contributed by atoms with E-state index in [9.17, 15) is 4.79 Å². The average molecular weight is 238 g/mol. The molecule has 0 heterocycles. The molecular weight excluding hydrogens is 222 g/mol. The molecule has 0 spiro atoms. The van der Waals surface area contributed by atoms with E-state index in [-0.39, 0.29) is 11.3 Å². The van der Waals surface area contributed by atoms with Gasteiger partial charge in [0.25, 0.3) is 0 Å². The normalized spacial score (nSPS) is 18.6. The molecule has 2 nitrogen and oxygen atoms in total. The summed E-state index contributed by atoms with van der Waals surface area (Å²) in [5.74, 6) is 0.198. The fourth-order valence-electron chi connectivity index (χ4n) is 2.45. The number of carbonyl (C=O) groups is 1. The second-order valence-electron chi connectivity index (χ2n) is 4.38. The summed E-state index contributed by atoms with van der Waals surface area (Å²) < 4.78 is 0. The third-order valence-electron chi connectivity index (χ3n) is 3.48. The molecule has 1 aromatic carbocycles. The maximum atomic E-state index is 12.4. The van der Waals surface area contributed by atoms with Crippen LogP contribution in [0.15, 0.2) is 24.3 Å². The predicted octanol–water partition coefficient (Wildman–Crippen LogP) is 3.05. The Morgan fingerprint density at radius 3 is 2.31 bits per heavy atom. The van der Waals surface area contributed by atoms with E-state index in [2.05, 4.69) is 5.32 Å². The molecule has 1 fully saturated rings. The highest BCUT2D eigenvalue weighted by molar-refractivity contribution is 6.30. The Bertz CT molecular complexity index is 379. The molecular formula is C13H16ClNO. The number of likely N-dealkylation sites (N-methyl/N-ethyl adjacent to an activating group) is 1. The van der Waals surface area contributed by atoms with Crippen LogP contribution in [0, 0.1) is 0 Å². The quantitative estimate of drug-likeness (QED) is 0.819. The third-order valence-corrected chi connectivity index (χ3v) is 3.73. The van der Waals surface area contributed by atoms with Gasteiger partial charge in [-0.3, -0.25) is 4.79 Å². The summed E-state index contributed by atoms with van der Waals surface area (Å²) in [4.78, 5) is 12.4. The van der Waals surface area contributed by atoms with Gasteiger partial charge in [0, 0.05) is 10.6 Å². The van der Waals surface area contributed by atoms with Crippen LogP contribution < -0.4 is 5.32 Å². The second kappa shape index (κ2) is 4.56. The van der Waals surface area contributed by atoms with Crippen molar-refractivity contribution in [3.8, 4) is 0 Å². The van der Waals surface area contributed by atoms with Gasteiger partial charge in [-0.15, -0.1) is 0 Å². The van der Waals surface area contributed by atoms with Crippen LogP contribution in [-0.4, -0.2) is 18.4 Å². The van der Waals surface area contributed by atoms with Crippen LogP contribution in [0.1, 0.15) is 36.0 Å². The smallest absolute Gasteiger partial charge is 0.182 e. The molecule has 0 unspecified atom stereocenters. The van der Waals surface area contributed by atoms with Crippen molar-refractivity contribution in [2.24, 2.45) is 0 Å². The van der Waals surface area contributed by atoms with Gasteiger partial charge in [0.05, 0.1) is 5.54 Å². The van der Waals surface area contributed by atoms with Crippen molar-refractivity contribution in [1.29, 1.82) is 0 Å². The Labute approximate surface area is 101 Å². The molecule has 0 atom stereocenters. The molecule has 1 aliphatic rings. The fraction of sp³-hybridized carbons (Fsp3) is 0.462. The molecule has 3 heteroatoms. The molecule has 86 valence electrons. The summed E-state index contributed by atoms with van der Waals surface area (Å²) in [5, 5.41) is 3.88. The fourth-order valence-corrected chi connectivity index (χ4v) is 2.57. The van der Waals surface area contributed by atoms with Crippen LogP contribution in [0.4, 0.5) is 0 Å². The Kier molecular flexibility index (Phi) is 3.31. The number of ketones is 1. The van der Waals surface area contributed by atoms with E-state index in [1.807, 2.05) is 19.2 Å². The first-order valence-corrected chi connectivity index (χ1v) is 6.05. The summed E-state index contributed by atoms with van der Waals surface area (Å²) in [7, 11) is 1.87. The summed E-state index contributed by atoms with van der Waals surface area (Å²) in [6, 6.07) is 7.16. The summed E-state index contributed by atoms with van der Waals surface area (Å²) in [6.45, 7) is 0. The standard InChI is InChI=1S/C13H16ClNO/c1-15-13(8-2-3-9-13)12(16)10-4-6-11(14)7-5-10/h4-7,15H,2-3,8-9H2,1H3. The zero-order valence-electron chi connectivity index (χ0n) is 9.42. The van der Waals surface area contributed by atoms with Crippen molar-refractivity contribution >= 4 is 17.4 Å². The number of rotatable bonds is 3. The zero-order chi connectivity index (χ0) is 11.6. The van der Waals surface area contributed by atoms with Gasteiger partial charge in [0.1, 0.15) is 0 Å². The topological polar surface area (TPSA) is 29.1 Å². The van der Waals surface area contributed by atoms with Crippen molar-refractivity contribution in [3.63, 3.8) is 0 Å². The first-order chi connectivity index (χ1) is 7.68. The van der Waals surface area contributed by atoms with E-state index < -0.39 is 0 Å². The lowest BCUT2D eigenvalue weighted by Crippen LogP contribution is -2.47. The number of hydrogen-bond acceptors (Lipinski definition) is 2. The van der Waals surface area contributed by atoms with Gasteiger partial charge in [0.2, 0.25) is 0 Å². The number of nitrogens with one attached hydrogen (secondary N) is 1. The van der Waals surface area contributed by atoms with Crippen molar-refractivity contribution in [2.45, 2.75) is 31.2 Å². The van der Waals surface area contributed by atoms with E-state index >= 15 is 0 Å². The molecule has 0 amide bonds. The first kappa shape index (κ1) is 11.6.